The Morgan fingerprint density at radius 3 is 2.91 bits per heavy atom. The first-order valence-electron chi connectivity index (χ1n) is 6.94. The first-order valence-corrected chi connectivity index (χ1v) is 6.94. The van der Waals surface area contributed by atoms with E-state index < -0.39 is 0 Å². The van der Waals surface area contributed by atoms with Crippen molar-refractivity contribution in [3.63, 3.8) is 0 Å². The lowest BCUT2D eigenvalue weighted by molar-refractivity contribution is 0.243. The molecule has 0 saturated heterocycles. The molecule has 0 unspecified atom stereocenters. The van der Waals surface area contributed by atoms with Gasteiger partial charge in [-0.3, -0.25) is 5.10 Å². The molecule has 2 rings (SSSR count). The van der Waals surface area contributed by atoms with E-state index in [1.807, 2.05) is 43.3 Å². The number of urea groups is 1. The van der Waals surface area contributed by atoms with Crippen LogP contribution >= 0.6 is 0 Å². The molecule has 0 radical (unpaired) electrons. The summed E-state index contributed by atoms with van der Waals surface area (Å²) in [5, 5.41) is 12.0. The summed E-state index contributed by atoms with van der Waals surface area (Å²) in [5.41, 5.74) is 1.70. The normalized spacial score (nSPS) is 12.0. The minimum absolute atomic E-state index is 0.0465. The molecular weight excluding hydrogens is 282 g/mol. The van der Waals surface area contributed by atoms with Crippen molar-refractivity contribution < 1.29 is 9.53 Å². The molecule has 1 aromatic heterocycles. The van der Waals surface area contributed by atoms with Gasteiger partial charge in [-0.2, -0.15) is 5.10 Å². The number of aromatic nitrogens is 2. The van der Waals surface area contributed by atoms with E-state index in [0.29, 0.717) is 12.2 Å². The predicted molar refractivity (Wildman–Crippen MR) is 85.0 cm³/mol. The molecule has 2 aromatic rings. The minimum atomic E-state index is -0.267. The van der Waals surface area contributed by atoms with Crippen LogP contribution in [-0.4, -0.2) is 48.9 Å². The highest BCUT2D eigenvalue weighted by molar-refractivity contribution is 5.88. The quantitative estimate of drug-likeness (QED) is 0.760. The summed E-state index contributed by atoms with van der Waals surface area (Å²) in [6.45, 7) is 0.476. The van der Waals surface area contributed by atoms with E-state index in [1.165, 1.54) is 0 Å². The topological polar surface area (TPSA) is 82.3 Å². The maximum Gasteiger partial charge on any atom is 0.319 e. The fourth-order valence-corrected chi connectivity index (χ4v) is 2.13. The van der Waals surface area contributed by atoms with Crippen molar-refractivity contribution in [2.45, 2.75) is 6.04 Å². The third kappa shape index (κ3) is 4.23. The van der Waals surface area contributed by atoms with Crippen LogP contribution in [0.15, 0.2) is 36.7 Å². The van der Waals surface area contributed by atoms with Gasteiger partial charge in [0, 0.05) is 12.7 Å². The Labute approximate surface area is 129 Å². The van der Waals surface area contributed by atoms with Crippen LogP contribution in [0.25, 0.3) is 0 Å². The SMILES string of the molecule is COc1cccc([C@H](CNC(=O)Nc2cn[nH]c2)N(C)C)c1. The smallest absolute Gasteiger partial charge is 0.319 e. The highest BCUT2D eigenvalue weighted by atomic mass is 16.5. The molecule has 0 aliphatic heterocycles. The number of amides is 2. The molecule has 0 aliphatic rings. The zero-order chi connectivity index (χ0) is 15.9. The number of anilines is 1. The zero-order valence-corrected chi connectivity index (χ0v) is 13.0. The van der Waals surface area contributed by atoms with Crippen LogP contribution in [0.4, 0.5) is 10.5 Å². The molecule has 3 N–H and O–H groups in total. The number of benzene rings is 1. The van der Waals surface area contributed by atoms with Crippen molar-refractivity contribution >= 4 is 11.7 Å². The molecule has 0 spiro atoms. The minimum Gasteiger partial charge on any atom is -0.497 e. The van der Waals surface area contributed by atoms with Crippen LogP contribution in [0.1, 0.15) is 11.6 Å². The van der Waals surface area contributed by atoms with Crippen molar-refractivity contribution in [1.29, 1.82) is 0 Å². The van der Waals surface area contributed by atoms with E-state index in [1.54, 1.807) is 19.5 Å². The average molecular weight is 303 g/mol. The molecular formula is C15H21N5O2. The Morgan fingerprint density at radius 2 is 2.27 bits per heavy atom. The predicted octanol–water partition coefficient (Wildman–Crippen LogP) is 1.84. The number of methoxy groups -OCH3 is 1. The Kier molecular flexibility index (Phi) is 5.37. The fraction of sp³-hybridized carbons (Fsp3) is 0.333. The molecule has 1 heterocycles. The Hall–Kier alpha value is -2.54. The summed E-state index contributed by atoms with van der Waals surface area (Å²) in [4.78, 5) is 13.9. The molecule has 0 fully saturated rings. The van der Waals surface area contributed by atoms with Crippen molar-refractivity contribution in [3.05, 3.63) is 42.2 Å². The van der Waals surface area contributed by atoms with E-state index >= 15 is 0 Å². The Balaban J connectivity index is 1.98. The molecule has 7 heteroatoms. The molecule has 7 nitrogen and oxygen atoms in total. The molecule has 1 aromatic carbocycles. The molecule has 0 bridgehead atoms. The highest BCUT2D eigenvalue weighted by Gasteiger charge is 2.16. The number of carbonyl (C=O) groups is 1. The van der Waals surface area contributed by atoms with E-state index in [2.05, 4.69) is 20.8 Å². The second kappa shape index (κ2) is 7.46. The van der Waals surface area contributed by atoms with Gasteiger partial charge in [0.05, 0.1) is 25.0 Å². The van der Waals surface area contributed by atoms with Gasteiger partial charge in [-0.1, -0.05) is 12.1 Å². The second-order valence-corrected chi connectivity index (χ2v) is 5.08. The molecule has 22 heavy (non-hydrogen) atoms. The van der Waals surface area contributed by atoms with Crippen LogP contribution in [0.3, 0.4) is 0 Å². The van der Waals surface area contributed by atoms with Crippen LogP contribution in [0.2, 0.25) is 0 Å². The molecule has 2 amide bonds. The zero-order valence-electron chi connectivity index (χ0n) is 13.0. The Morgan fingerprint density at radius 1 is 1.45 bits per heavy atom. The number of H-pyrrole nitrogens is 1. The van der Waals surface area contributed by atoms with Gasteiger partial charge in [-0.25, -0.2) is 4.79 Å². The molecule has 0 aliphatic carbocycles. The molecule has 1 atom stereocenters. The number of likely N-dealkylation sites (N-methyl/N-ethyl adjacent to an activating group) is 1. The summed E-state index contributed by atoms with van der Waals surface area (Å²) in [6.07, 6.45) is 3.16. The summed E-state index contributed by atoms with van der Waals surface area (Å²) < 4.78 is 5.25. The summed E-state index contributed by atoms with van der Waals surface area (Å²) >= 11 is 0. The molecule has 0 saturated carbocycles. The largest absolute Gasteiger partial charge is 0.497 e. The number of ether oxygens (including phenoxy) is 1. The first kappa shape index (κ1) is 15.8. The average Bonchev–Trinajstić information content (AvgIpc) is 3.00. The number of nitrogens with zero attached hydrogens (tertiary/aromatic N) is 2. The fourth-order valence-electron chi connectivity index (χ4n) is 2.13. The summed E-state index contributed by atoms with van der Waals surface area (Å²) in [5.74, 6) is 0.798. The third-order valence-electron chi connectivity index (χ3n) is 3.31. The van der Waals surface area contributed by atoms with Gasteiger partial charge < -0.3 is 20.3 Å². The van der Waals surface area contributed by atoms with E-state index in [9.17, 15) is 4.79 Å². The second-order valence-electron chi connectivity index (χ2n) is 5.08. The van der Waals surface area contributed by atoms with Crippen molar-refractivity contribution in [2.75, 3.05) is 33.1 Å². The van der Waals surface area contributed by atoms with Crippen LogP contribution in [-0.2, 0) is 0 Å². The van der Waals surface area contributed by atoms with Crippen molar-refractivity contribution in [3.8, 4) is 5.75 Å². The highest BCUT2D eigenvalue weighted by Crippen LogP contribution is 2.22. The van der Waals surface area contributed by atoms with Gasteiger partial charge in [-0.15, -0.1) is 0 Å². The van der Waals surface area contributed by atoms with Crippen molar-refractivity contribution in [2.24, 2.45) is 0 Å². The number of hydrogen-bond acceptors (Lipinski definition) is 4. The van der Waals surface area contributed by atoms with E-state index in [4.69, 9.17) is 4.74 Å². The van der Waals surface area contributed by atoms with E-state index in [0.717, 1.165) is 11.3 Å². The summed E-state index contributed by atoms with van der Waals surface area (Å²) in [7, 11) is 5.58. The number of hydrogen-bond donors (Lipinski definition) is 3. The number of rotatable bonds is 6. The number of aromatic amines is 1. The van der Waals surface area contributed by atoms with Gasteiger partial charge >= 0.3 is 6.03 Å². The third-order valence-corrected chi connectivity index (χ3v) is 3.31. The van der Waals surface area contributed by atoms with Gasteiger partial charge in [0.1, 0.15) is 5.75 Å². The molecule has 118 valence electrons. The lowest BCUT2D eigenvalue weighted by Crippen LogP contribution is -2.36. The van der Waals surface area contributed by atoms with Gasteiger partial charge in [0.25, 0.3) is 0 Å². The van der Waals surface area contributed by atoms with Crippen LogP contribution < -0.4 is 15.4 Å². The lowest BCUT2D eigenvalue weighted by Gasteiger charge is -2.25. The van der Waals surface area contributed by atoms with Crippen LogP contribution in [0.5, 0.6) is 5.75 Å². The number of nitrogens with one attached hydrogen (secondary N) is 3. The maximum absolute atomic E-state index is 11.9. The summed E-state index contributed by atoms with van der Waals surface area (Å²) in [6, 6.07) is 7.61. The van der Waals surface area contributed by atoms with E-state index in [-0.39, 0.29) is 12.1 Å². The Bertz CT molecular complexity index is 598. The monoisotopic (exact) mass is 303 g/mol. The maximum atomic E-state index is 11.9. The first-order chi connectivity index (χ1) is 10.6. The number of carbonyl (C=O) groups excluding carboxylic acids is 1. The standard InChI is InChI=1S/C15H21N5O2/c1-20(2)14(11-5-4-6-13(7-11)22-3)10-16-15(21)19-12-8-17-18-9-12/h4-9,14H,10H2,1-3H3,(H,17,18)(H2,16,19,21)/t14-/m0/s1. The van der Waals surface area contributed by atoms with Crippen LogP contribution in [0, 0.1) is 0 Å². The van der Waals surface area contributed by atoms with Crippen molar-refractivity contribution in [1.82, 2.24) is 20.4 Å². The van der Waals surface area contributed by atoms with Gasteiger partial charge in [-0.05, 0) is 31.8 Å². The van der Waals surface area contributed by atoms with Gasteiger partial charge in [0.15, 0.2) is 0 Å². The van der Waals surface area contributed by atoms with Gasteiger partial charge in [0.2, 0.25) is 0 Å². The lowest BCUT2D eigenvalue weighted by atomic mass is 10.1.